The molecule has 3 unspecified atom stereocenters. The zero-order chi connectivity index (χ0) is 49.9. The van der Waals surface area contributed by atoms with E-state index < -0.39 is 20.0 Å². The molecule has 0 bridgehead atoms. The Labute approximate surface area is 422 Å². The highest BCUT2D eigenvalue weighted by Gasteiger charge is 2.27. The Balaban J connectivity index is 4.23. The third-order valence-corrected chi connectivity index (χ3v) is 14.0. The first-order chi connectivity index (χ1) is 33.0. The molecular formula is C59H114N2O6P+. The minimum absolute atomic E-state index is 0.0537. The summed E-state index contributed by atoms with van der Waals surface area (Å²) in [6.07, 6.45) is 66.5. The summed E-state index contributed by atoms with van der Waals surface area (Å²) in [4.78, 5) is 23.3. The van der Waals surface area contributed by atoms with Crippen molar-refractivity contribution in [1.82, 2.24) is 5.32 Å². The molecule has 1 amide bonds. The van der Waals surface area contributed by atoms with Crippen LogP contribution in [-0.4, -0.2) is 73.4 Å². The molecule has 0 saturated carbocycles. The summed E-state index contributed by atoms with van der Waals surface area (Å²) in [6, 6.07) is -0.869. The number of aliphatic hydroxyl groups excluding tert-OH is 1. The summed E-state index contributed by atoms with van der Waals surface area (Å²) in [6.45, 7) is 4.80. The molecule has 0 aromatic carbocycles. The molecule has 8 nitrogen and oxygen atoms in total. The lowest BCUT2D eigenvalue weighted by atomic mass is 10.0. The number of aliphatic hydroxyl groups is 1. The van der Waals surface area contributed by atoms with Crippen molar-refractivity contribution in [3.05, 3.63) is 48.6 Å². The van der Waals surface area contributed by atoms with Crippen LogP contribution in [0, 0.1) is 0 Å². The van der Waals surface area contributed by atoms with Crippen molar-refractivity contribution in [3.8, 4) is 0 Å². The average Bonchev–Trinajstić information content (AvgIpc) is 3.30. The van der Waals surface area contributed by atoms with Gasteiger partial charge in [0.25, 0.3) is 0 Å². The number of unbranched alkanes of at least 4 members (excludes halogenated alkanes) is 34. The third-order valence-electron chi connectivity index (χ3n) is 13.0. The number of hydrogen-bond acceptors (Lipinski definition) is 5. The molecule has 0 spiro atoms. The standard InChI is InChI=1S/C59H113N2O6P/c1-6-8-10-12-14-16-18-20-22-24-26-27-28-29-30-31-32-33-34-35-36-38-40-42-44-46-48-50-52-58(62)57(56-67-68(64,65)66-55-54-61(3,4)5)60-59(63)53-51-49-47-45-43-41-39-37-25-23-21-19-17-15-13-11-9-7-2/h17,19,23,25,42,44,50,52,57-58,62H,6-16,18,20-22,24,26-41,43,45-49,51,53-56H2,1-5H3,(H-,60,63,64,65)/p+1/b19-17-,25-23-,44-42+,52-50+. The van der Waals surface area contributed by atoms with E-state index in [1.807, 2.05) is 27.2 Å². The maximum absolute atomic E-state index is 13.0. The number of quaternary nitrogens is 1. The fourth-order valence-corrected chi connectivity index (χ4v) is 9.18. The molecule has 3 atom stereocenters. The quantitative estimate of drug-likeness (QED) is 0.0243. The molecule has 0 radical (unpaired) electrons. The minimum Gasteiger partial charge on any atom is -0.387 e. The SMILES string of the molecule is CCCCCC/C=C\C/C=C\CCCCCCCCCC(=O)NC(COP(=O)(O)OCC[N+](C)(C)C)C(O)/C=C/CC/C=C/CCCCCCCCCCCCCCCCCCCCCCCC. The molecule has 0 heterocycles. The van der Waals surface area contributed by atoms with E-state index in [4.69, 9.17) is 9.05 Å². The van der Waals surface area contributed by atoms with E-state index in [0.29, 0.717) is 17.4 Å². The summed E-state index contributed by atoms with van der Waals surface area (Å²) < 4.78 is 23.7. The van der Waals surface area contributed by atoms with Gasteiger partial charge in [0.15, 0.2) is 0 Å². The van der Waals surface area contributed by atoms with E-state index in [-0.39, 0.29) is 19.1 Å². The number of phosphoric acid groups is 1. The summed E-state index contributed by atoms with van der Waals surface area (Å²) in [5, 5.41) is 13.9. The van der Waals surface area contributed by atoms with Gasteiger partial charge in [-0.1, -0.05) is 249 Å². The number of likely N-dealkylation sites (N-methyl/N-ethyl adjacent to an activating group) is 1. The molecule has 68 heavy (non-hydrogen) atoms. The maximum atomic E-state index is 13.0. The van der Waals surface area contributed by atoms with Crippen molar-refractivity contribution in [2.45, 2.75) is 283 Å². The Bertz CT molecular complexity index is 1250. The molecular weight excluding hydrogens is 864 g/mol. The topological polar surface area (TPSA) is 105 Å². The van der Waals surface area contributed by atoms with Gasteiger partial charge in [0, 0.05) is 6.42 Å². The molecule has 0 aliphatic rings. The molecule has 0 rings (SSSR count). The van der Waals surface area contributed by atoms with Gasteiger partial charge in [-0.15, -0.1) is 0 Å². The molecule has 3 N–H and O–H groups in total. The van der Waals surface area contributed by atoms with Crippen molar-refractivity contribution < 1.29 is 32.9 Å². The van der Waals surface area contributed by atoms with E-state index in [2.05, 4.69) is 55.6 Å². The summed E-state index contributed by atoms with van der Waals surface area (Å²) >= 11 is 0. The van der Waals surface area contributed by atoms with E-state index >= 15 is 0 Å². The number of nitrogens with zero attached hydrogens (tertiary/aromatic N) is 1. The van der Waals surface area contributed by atoms with E-state index in [1.54, 1.807) is 6.08 Å². The molecule has 0 aromatic rings. The largest absolute Gasteiger partial charge is 0.472 e. The highest BCUT2D eigenvalue weighted by atomic mass is 31.2. The normalized spacial score (nSPS) is 14.3. The van der Waals surface area contributed by atoms with Crippen LogP contribution in [0.3, 0.4) is 0 Å². The van der Waals surface area contributed by atoms with E-state index in [9.17, 15) is 19.4 Å². The highest BCUT2D eigenvalue weighted by Crippen LogP contribution is 2.43. The molecule has 0 saturated heterocycles. The van der Waals surface area contributed by atoms with Gasteiger partial charge in [0.1, 0.15) is 13.2 Å². The number of nitrogens with one attached hydrogen (secondary N) is 1. The van der Waals surface area contributed by atoms with Crippen LogP contribution in [0.1, 0.15) is 271 Å². The molecule has 0 aliphatic carbocycles. The van der Waals surface area contributed by atoms with Gasteiger partial charge in [0.05, 0.1) is 39.9 Å². The molecule has 400 valence electrons. The third kappa shape index (κ3) is 52.3. The number of rotatable bonds is 53. The van der Waals surface area contributed by atoms with Crippen LogP contribution < -0.4 is 5.32 Å². The summed E-state index contributed by atoms with van der Waals surface area (Å²) in [5.74, 6) is -0.193. The predicted octanol–water partition coefficient (Wildman–Crippen LogP) is 17.5. The number of phosphoric ester groups is 1. The van der Waals surface area contributed by atoms with Crippen LogP contribution in [0.5, 0.6) is 0 Å². The molecule has 9 heteroatoms. The first kappa shape index (κ1) is 66.5. The first-order valence-corrected chi connectivity index (χ1v) is 30.5. The van der Waals surface area contributed by atoms with Crippen LogP contribution in [-0.2, 0) is 18.4 Å². The number of carbonyl (C=O) groups excluding carboxylic acids is 1. The van der Waals surface area contributed by atoms with Gasteiger partial charge in [-0.3, -0.25) is 13.8 Å². The predicted molar refractivity (Wildman–Crippen MR) is 295 cm³/mol. The lowest BCUT2D eigenvalue weighted by Crippen LogP contribution is -2.45. The van der Waals surface area contributed by atoms with Crippen molar-refractivity contribution in [3.63, 3.8) is 0 Å². The van der Waals surface area contributed by atoms with Gasteiger partial charge in [-0.2, -0.15) is 0 Å². The van der Waals surface area contributed by atoms with Gasteiger partial charge in [-0.25, -0.2) is 4.57 Å². The van der Waals surface area contributed by atoms with Crippen LogP contribution in [0.2, 0.25) is 0 Å². The van der Waals surface area contributed by atoms with Crippen molar-refractivity contribution in [2.75, 3.05) is 40.9 Å². The number of allylic oxidation sites excluding steroid dienone is 7. The Kier molecular flexibility index (Phi) is 49.3. The highest BCUT2D eigenvalue weighted by molar-refractivity contribution is 7.47. The van der Waals surface area contributed by atoms with Crippen molar-refractivity contribution >= 4 is 13.7 Å². The summed E-state index contributed by atoms with van der Waals surface area (Å²) in [7, 11) is 1.55. The Morgan fingerprint density at radius 3 is 1.28 bits per heavy atom. The van der Waals surface area contributed by atoms with E-state index in [1.165, 1.54) is 199 Å². The number of carbonyl (C=O) groups is 1. The van der Waals surface area contributed by atoms with Gasteiger partial charge >= 0.3 is 7.82 Å². The van der Waals surface area contributed by atoms with Crippen LogP contribution in [0.25, 0.3) is 0 Å². The fourth-order valence-electron chi connectivity index (χ4n) is 8.44. The van der Waals surface area contributed by atoms with Gasteiger partial charge in [0.2, 0.25) is 5.91 Å². The van der Waals surface area contributed by atoms with Crippen LogP contribution in [0.15, 0.2) is 48.6 Å². The zero-order valence-corrected chi connectivity index (χ0v) is 46.5. The second-order valence-corrected chi connectivity index (χ2v) is 22.5. The fraction of sp³-hybridized carbons (Fsp3) is 0.847. The Morgan fingerprint density at radius 1 is 0.500 bits per heavy atom. The Hall–Kier alpha value is -1.54. The minimum atomic E-state index is -4.36. The lowest BCUT2D eigenvalue weighted by Gasteiger charge is -2.25. The number of amides is 1. The average molecular weight is 979 g/mol. The van der Waals surface area contributed by atoms with Crippen molar-refractivity contribution in [2.24, 2.45) is 0 Å². The number of hydrogen-bond donors (Lipinski definition) is 3. The summed E-state index contributed by atoms with van der Waals surface area (Å²) in [5.41, 5.74) is 0. The second-order valence-electron chi connectivity index (χ2n) is 21.0. The van der Waals surface area contributed by atoms with Crippen LogP contribution in [0.4, 0.5) is 0 Å². The maximum Gasteiger partial charge on any atom is 0.472 e. The van der Waals surface area contributed by atoms with Gasteiger partial charge < -0.3 is 19.8 Å². The zero-order valence-electron chi connectivity index (χ0n) is 45.6. The van der Waals surface area contributed by atoms with E-state index in [0.717, 1.165) is 51.4 Å². The Morgan fingerprint density at radius 2 is 0.853 bits per heavy atom. The smallest absolute Gasteiger partial charge is 0.387 e. The van der Waals surface area contributed by atoms with Gasteiger partial charge in [-0.05, 0) is 64.2 Å². The first-order valence-electron chi connectivity index (χ1n) is 29.0. The van der Waals surface area contributed by atoms with Crippen molar-refractivity contribution in [1.29, 1.82) is 0 Å². The molecule has 0 aliphatic heterocycles. The van der Waals surface area contributed by atoms with Crippen LogP contribution >= 0.6 is 7.82 Å². The molecule has 0 fully saturated rings. The molecule has 0 aromatic heterocycles. The lowest BCUT2D eigenvalue weighted by molar-refractivity contribution is -0.870. The monoisotopic (exact) mass is 978 g/mol. The second kappa shape index (κ2) is 50.4.